The molecule has 0 aromatic carbocycles. The second kappa shape index (κ2) is 6.24. The van der Waals surface area contributed by atoms with Crippen molar-refractivity contribution >= 4 is 5.97 Å². The Morgan fingerprint density at radius 3 is 3.00 bits per heavy atom. The van der Waals surface area contributed by atoms with Gasteiger partial charge in [0.1, 0.15) is 0 Å². The Kier molecular flexibility index (Phi) is 4.83. The van der Waals surface area contributed by atoms with Crippen molar-refractivity contribution in [1.29, 1.82) is 0 Å². The van der Waals surface area contributed by atoms with Crippen LogP contribution in [0, 0.1) is 6.26 Å². The third kappa shape index (κ3) is 3.64. The van der Waals surface area contributed by atoms with Crippen LogP contribution in [0.4, 0.5) is 0 Å². The van der Waals surface area contributed by atoms with Crippen molar-refractivity contribution in [3.63, 3.8) is 0 Å². The molecule has 0 aliphatic carbocycles. The quantitative estimate of drug-likeness (QED) is 0.517. The minimum Gasteiger partial charge on any atom is -0.460 e. The average Bonchev–Trinajstić information content (AvgIpc) is 2.70. The van der Waals surface area contributed by atoms with Crippen LogP contribution in [0.25, 0.3) is 0 Å². The summed E-state index contributed by atoms with van der Waals surface area (Å²) in [5.41, 5.74) is 0. The molecule has 0 N–H and O–H groups in total. The second-order valence-corrected chi connectivity index (χ2v) is 3.11. The molecule has 14 heavy (non-hydrogen) atoms. The topological polar surface area (TPSA) is 39.4 Å². The van der Waals surface area contributed by atoms with Gasteiger partial charge in [0, 0.05) is 0 Å². The van der Waals surface area contributed by atoms with E-state index in [0.29, 0.717) is 6.61 Å². The van der Waals surface area contributed by atoms with Crippen molar-refractivity contribution in [3.8, 4) is 0 Å². The zero-order valence-corrected chi connectivity index (χ0v) is 8.41. The lowest BCUT2D eigenvalue weighted by Crippen LogP contribution is -2.05. The average molecular weight is 195 g/mol. The van der Waals surface area contributed by atoms with E-state index < -0.39 is 5.97 Å². The predicted octanol–water partition coefficient (Wildman–Crippen LogP) is 2.82. The number of unbranched alkanes of at least 4 members (excludes halogenated alkanes) is 3. The van der Waals surface area contributed by atoms with Gasteiger partial charge < -0.3 is 9.15 Å². The summed E-state index contributed by atoms with van der Waals surface area (Å²) in [6, 6.07) is 3.10. The standard InChI is InChI=1S/C11H15O3/c1-2-3-4-5-8-14-11(12)10-7-6-9-13-10/h6-7H,2-5,8H2,1H3. The molecule has 1 aromatic heterocycles. The number of ether oxygens (including phenoxy) is 1. The molecule has 0 saturated carbocycles. The SMILES string of the molecule is CCCCCCOC(=O)c1cc[c]o1. The summed E-state index contributed by atoms with van der Waals surface area (Å²) in [5.74, 6) is -0.178. The molecule has 0 saturated heterocycles. The fraction of sp³-hybridized carbons (Fsp3) is 0.545. The number of hydrogen-bond donors (Lipinski definition) is 0. The summed E-state index contributed by atoms with van der Waals surface area (Å²) in [5, 5.41) is 0. The summed E-state index contributed by atoms with van der Waals surface area (Å²) in [6.07, 6.45) is 6.84. The van der Waals surface area contributed by atoms with Crippen LogP contribution in [0.1, 0.15) is 43.2 Å². The van der Waals surface area contributed by atoms with Gasteiger partial charge in [-0.05, 0) is 18.6 Å². The number of carbonyl (C=O) groups excluding carboxylic acids is 1. The van der Waals surface area contributed by atoms with E-state index in [2.05, 4.69) is 13.2 Å². The van der Waals surface area contributed by atoms with E-state index in [1.165, 1.54) is 12.8 Å². The zero-order valence-electron chi connectivity index (χ0n) is 8.41. The van der Waals surface area contributed by atoms with Gasteiger partial charge >= 0.3 is 5.97 Å². The van der Waals surface area contributed by atoms with Gasteiger partial charge in [0.2, 0.25) is 5.76 Å². The molecule has 0 bridgehead atoms. The lowest BCUT2D eigenvalue weighted by molar-refractivity contribution is 0.0461. The first kappa shape index (κ1) is 10.8. The first-order valence-corrected chi connectivity index (χ1v) is 4.97. The first-order valence-electron chi connectivity index (χ1n) is 4.97. The van der Waals surface area contributed by atoms with Crippen LogP contribution < -0.4 is 0 Å². The molecular formula is C11H15O3. The summed E-state index contributed by atoms with van der Waals surface area (Å²) in [6.45, 7) is 2.62. The predicted molar refractivity (Wildman–Crippen MR) is 52.0 cm³/mol. The second-order valence-electron chi connectivity index (χ2n) is 3.11. The lowest BCUT2D eigenvalue weighted by atomic mass is 10.2. The first-order chi connectivity index (χ1) is 6.84. The molecule has 1 aromatic rings. The fourth-order valence-corrected chi connectivity index (χ4v) is 1.12. The molecule has 0 fully saturated rings. The summed E-state index contributed by atoms with van der Waals surface area (Å²) < 4.78 is 9.75. The maximum Gasteiger partial charge on any atom is 0.374 e. The number of rotatable bonds is 6. The van der Waals surface area contributed by atoms with E-state index in [1.807, 2.05) is 0 Å². The van der Waals surface area contributed by atoms with Gasteiger partial charge in [-0.1, -0.05) is 26.2 Å². The Morgan fingerprint density at radius 1 is 1.50 bits per heavy atom. The van der Waals surface area contributed by atoms with E-state index in [9.17, 15) is 4.79 Å². The monoisotopic (exact) mass is 195 g/mol. The minimum atomic E-state index is -0.400. The maximum absolute atomic E-state index is 11.2. The zero-order chi connectivity index (χ0) is 10.2. The molecule has 3 heteroatoms. The highest BCUT2D eigenvalue weighted by Crippen LogP contribution is 2.04. The number of carbonyl (C=O) groups is 1. The van der Waals surface area contributed by atoms with E-state index in [-0.39, 0.29) is 5.76 Å². The molecule has 0 aliphatic rings. The molecule has 77 valence electrons. The van der Waals surface area contributed by atoms with Crippen LogP contribution in [0.3, 0.4) is 0 Å². The van der Waals surface area contributed by atoms with Gasteiger partial charge in [-0.3, -0.25) is 0 Å². The molecule has 1 radical (unpaired) electrons. The van der Waals surface area contributed by atoms with E-state index >= 15 is 0 Å². The van der Waals surface area contributed by atoms with Crippen molar-refractivity contribution in [1.82, 2.24) is 0 Å². The molecule has 0 amide bonds. The molecule has 1 heterocycles. The van der Waals surface area contributed by atoms with Crippen molar-refractivity contribution in [2.45, 2.75) is 32.6 Å². The highest BCUT2D eigenvalue weighted by atomic mass is 16.5. The van der Waals surface area contributed by atoms with Crippen molar-refractivity contribution in [2.75, 3.05) is 6.61 Å². The highest BCUT2D eigenvalue weighted by molar-refractivity contribution is 5.86. The molecule has 0 atom stereocenters. The lowest BCUT2D eigenvalue weighted by Gasteiger charge is -2.01. The van der Waals surface area contributed by atoms with Gasteiger partial charge in [-0.25, -0.2) is 4.79 Å². The van der Waals surface area contributed by atoms with Crippen LogP contribution in [0.2, 0.25) is 0 Å². The molecule has 3 nitrogen and oxygen atoms in total. The largest absolute Gasteiger partial charge is 0.460 e. The Hall–Kier alpha value is -1.25. The third-order valence-corrected chi connectivity index (χ3v) is 1.90. The van der Waals surface area contributed by atoms with Crippen molar-refractivity contribution in [3.05, 3.63) is 24.2 Å². The summed E-state index contributed by atoms with van der Waals surface area (Å²) in [7, 11) is 0. The van der Waals surface area contributed by atoms with Crippen molar-refractivity contribution < 1.29 is 13.9 Å². The maximum atomic E-state index is 11.2. The van der Waals surface area contributed by atoms with Crippen LogP contribution in [-0.4, -0.2) is 12.6 Å². The van der Waals surface area contributed by atoms with Crippen LogP contribution in [0.5, 0.6) is 0 Å². The molecule has 1 rings (SSSR count). The van der Waals surface area contributed by atoms with Crippen LogP contribution in [0.15, 0.2) is 16.5 Å². The molecule has 0 unspecified atom stereocenters. The molecule has 0 spiro atoms. The Bertz CT molecular complexity index is 252. The van der Waals surface area contributed by atoms with Gasteiger partial charge in [-0.2, -0.15) is 0 Å². The van der Waals surface area contributed by atoms with E-state index in [4.69, 9.17) is 9.15 Å². The number of esters is 1. The van der Waals surface area contributed by atoms with E-state index in [0.717, 1.165) is 12.8 Å². The van der Waals surface area contributed by atoms with E-state index in [1.54, 1.807) is 12.1 Å². The fourth-order valence-electron chi connectivity index (χ4n) is 1.12. The Morgan fingerprint density at radius 2 is 2.36 bits per heavy atom. The van der Waals surface area contributed by atoms with Gasteiger partial charge in [0.15, 0.2) is 6.26 Å². The van der Waals surface area contributed by atoms with Crippen molar-refractivity contribution in [2.24, 2.45) is 0 Å². The minimum absolute atomic E-state index is 0.223. The molecular weight excluding hydrogens is 180 g/mol. The van der Waals surface area contributed by atoms with Gasteiger partial charge in [0.05, 0.1) is 6.61 Å². The summed E-state index contributed by atoms with van der Waals surface area (Å²) in [4.78, 5) is 11.2. The van der Waals surface area contributed by atoms with Crippen LogP contribution in [-0.2, 0) is 4.74 Å². The van der Waals surface area contributed by atoms with Gasteiger partial charge in [0.25, 0.3) is 0 Å². The number of hydrogen-bond acceptors (Lipinski definition) is 3. The normalized spacial score (nSPS) is 10.1. The Balaban J connectivity index is 2.10. The molecule has 0 aliphatic heterocycles. The smallest absolute Gasteiger partial charge is 0.374 e. The van der Waals surface area contributed by atoms with Crippen LogP contribution >= 0.6 is 0 Å². The summed E-state index contributed by atoms with van der Waals surface area (Å²) >= 11 is 0. The third-order valence-electron chi connectivity index (χ3n) is 1.90. The van der Waals surface area contributed by atoms with Gasteiger partial charge in [-0.15, -0.1) is 0 Å². The highest BCUT2D eigenvalue weighted by Gasteiger charge is 2.08. The Labute approximate surface area is 84.1 Å². The number of furan rings is 1.